The lowest BCUT2D eigenvalue weighted by atomic mass is 10.2. The van der Waals surface area contributed by atoms with Crippen molar-refractivity contribution in [2.24, 2.45) is 0 Å². The van der Waals surface area contributed by atoms with Gasteiger partial charge in [0.1, 0.15) is 0 Å². The van der Waals surface area contributed by atoms with Crippen molar-refractivity contribution in [3.05, 3.63) is 27.7 Å². The van der Waals surface area contributed by atoms with Crippen LogP contribution in [0, 0.1) is 0 Å². The molecular formula is C11H12BrClN2OS. The van der Waals surface area contributed by atoms with Gasteiger partial charge in [-0.1, -0.05) is 11.6 Å². The Balaban J connectivity index is 1.99. The number of benzene rings is 1. The smallest absolute Gasteiger partial charge is 0.242 e. The minimum absolute atomic E-state index is 0.00408. The van der Waals surface area contributed by atoms with Crippen molar-refractivity contribution in [1.82, 2.24) is 5.32 Å². The summed E-state index contributed by atoms with van der Waals surface area (Å²) in [6.07, 6.45) is 0. The summed E-state index contributed by atoms with van der Waals surface area (Å²) in [5, 5.41) is 6.64. The number of rotatable bonds is 2. The first-order chi connectivity index (χ1) is 8.16. The lowest BCUT2D eigenvalue weighted by Gasteiger charge is -2.22. The van der Waals surface area contributed by atoms with Gasteiger partial charge >= 0.3 is 0 Å². The van der Waals surface area contributed by atoms with Crippen LogP contribution in [0.5, 0.6) is 0 Å². The van der Waals surface area contributed by atoms with Gasteiger partial charge in [-0.15, -0.1) is 0 Å². The molecule has 1 saturated heterocycles. The largest absolute Gasteiger partial charge is 0.325 e. The third kappa shape index (κ3) is 3.61. The van der Waals surface area contributed by atoms with E-state index in [1.54, 1.807) is 17.8 Å². The monoisotopic (exact) mass is 334 g/mol. The van der Waals surface area contributed by atoms with E-state index in [1.165, 1.54) is 0 Å². The first kappa shape index (κ1) is 13.2. The first-order valence-electron chi connectivity index (χ1n) is 5.24. The van der Waals surface area contributed by atoms with Gasteiger partial charge in [-0.3, -0.25) is 4.79 Å². The quantitative estimate of drug-likeness (QED) is 0.873. The molecular weight excluding hydrogens is 324 g/mol. The number of anilines is 1. The zero-order valence-electron chi connectivity index (χ0n) is 9.00. The lowest BCUT2D eigenvalue weighted by molar-refractivity contribution is -0.117. The Bertz CT molecular complexity index is 424. The van der Waals surface area contributed by atoms with Crippen LogP contribution in [-0.4, -0.2) is 30.0 Å². The van der Waals surface area contributed by atoms with E-state index >= 15 is 0 Å². The maximum absolute atomic E-state index is 11.9. The van der Waals surface area contributed by atoms with E-state index in [0.717, 1.165) is 28.2 Å². The zero-order valence-corrected chi connectivity index (χ0v) is 12.2. The second-order valence-corrected chi connectivity index (χ2v) is 6.11. The molecule has 1 amide bonds. The van der Waals surface area contributed by atoms with Crippen LogP contribution in [0.25, 0.3) is 0 Å². The van der Waals surface area contributed by atoms with Crippen molar-refractivity contribution < 1.29 is 4.79 Å². The van der Waals surface area contributed by atoms with Gasteiger partial charge in [-0.2, -0.15) is 11.8 Å². The Morgan fingerprint density at radius 1 is 1.59 bits per heavy atom. The highest BCUT2D eigenvalue weighted by molar-refractivity contribution is 9.10. The van der Waals surface area contributed by atoms with Crippen LogP contribution in [0.2, 0.25) is 5.02 Å². The van der Waals surface area contributed by atoms with E-state index in [2.05, 4.69) is 26.6 Å². The molecule has 0 saturated carbocycles. The maximum Gasteiger partial charge on any atom is 0.242 e. The number of carbonyl (C=O) groups is 1. The van der Waals surface area contributed by atoms with Crippen molar-refractivity contribution in [2.75, 3.05) is 23.4 Å². The van der Waals surface area contributed by atoms with E-state index in [9.17, 15) is 4.79 Å². The fourth-order valence-corrected chi connectivity index (χ4v) is 2.90. The van der Waals surface area contributed by atoms with Gasteiger partial charge in [-0.05, 0) is 34.1 Å². The standard InChI is InChI=1S/C11H12BrClN2OS/c12-8-2-1-7(5-9(8)13)15-11(16)10-6-17-4-3-14-10/h1-2,5,10,14H,3-4,6H2,(H,15,16). The Hall–Kier alpha value is -0.230. The third-order valence-electron chi connectivity index (χ3n) is 2.43. The Labute approximate surface area is 118 Å². The molecule has 1 unspecified atom stereocenters. The van der Waals surface area contributed by atoms with Crippen molar-refractivity contribution in [1.29, 1.82) is 0 Å². The van der Waals surface area contributed by atoms with E-state index in [4.69, 9.17) is 11.6 Å². The first-order valence-corrected chi connectivity index (χ1v) is 7.56. The molecule has 17 heavy (non-hydrogen) atoms. The summed E-state index contributed by atoms with van der Waals surface area (Å²) in [5.41, 5.74) is 0.723. The minimum atomic E-state index is -0.115. The number of carbonyl (C=O) groups excluding carboxylic acids is 1. The average molecular weight is 336 g/mol. The summed E-state index contributed by atoms with van der Waals surface area (Å²) in [5.74, 6) is 1.87. The topological polar surface area (TPSA) is 41.1 Å². The Morgan fingerprint density at radius 2 is 2.41 bits per heavy atom. The van der Waals surface area contributed by atoms with Gasteiger partial charge in [0.2, 0.25) is 5.91 Å². The van der Waals surface area contributed by atoms with Gasteiger partial charge < -0.3 is 10.6 Å². The molecule has 0 radical (unpaired) electrons. The molecule has 0 bridgehead atoms. The molecule has 1 aliphatic heterocycles. The number of amides is 1. The van der Waals surface area contributed by atoms with Gasteiger partial charge in [0.15, 0.2) is 0 Å². The van der Waals surface area contributed by atoms with Gasteiger partial charge in [0, 0.05) is 28.2 Å². The summed E-state index contributed by atoms with van der Waals surface area (Å²) in [4.78, 5) is 11.9. The van der Waals surface area contributed by atoms with Crippen LogP contribution in [0.1, 0.15) is 0 Å². The van der Waals surface area contributed by atoms with E-state index in [-0.39, 0.29) is 11.9 Å². The molecule has 1 heterocycles. The predicted molar refractivity (Wildman–Crippen MR) is 76.9 cm³/mol. The molecule has 1 aromatic rings. The highest BCUT2D eigenvalue weighted by atomic mass is 79.9. The summed E-state index contributed by atoms with van der Waals surface area (Å²) in [7, 11) is 0. The average Bonchev–Trinajstić information content (AvgIpc) is 2.35. The predicted octanol–water partition coefficient (Wildman–Crippen LogP) is 2.75. The molecule has 3 nitrogen and oxygen atoms in total. The molecule has 6 heteroatoms. The highest BCUT2D eigenvalue weighted by Crippen LogP contribution is 2.25. The van der Waals surface area contributed by atoms with E-state index in [1.807, 2.05) is 12.1 Å². The third-order valence-corrected chi connectivity index (χ3v) is 4.72. The molecule has 92 valence electrons. The van der Waals surface area contributed by atoms with Crippen LogP contribution in [0.3, 0.4) is 0 Å². The van der Waals surface area contributed by atoms with Crippen molar-refractivity contribution in [3.63, 3.8) is 0 Å². The molecule has 0 aromatic heterocycles. The number of hydrogen-bond acceptors (Lipinski definition) is 3. The summed E-state index contributed by atoms with van der Waals surface area (Å²) in [6, 6.07) is 5.26. The molecule has 1 aliphatic rings. The van der Waals surface area contributed by atoms with Crippen LogP contribution in [0.4, 0.5) is 5.69 Å². The fraction of sp³-hybridized carbons (Fsp3) is 0.364. The van der Waals surface area contributed by atoms with E-state index in [0.29, 0.717) is 5.02 Å². The SMILES string of the molecule is O=C(Nc1ccc(Br)c(Cl)c1)C1CSCCN1. The lowest BCUT2D eigenvalue weighted by Crippen LogP contribution is -2.46. The molecule has 1 fully saturated rings. The normalized spacial score (nSPS) is 20.0. The number of halogens is 2. The van der Waals surface area contributed by atoms with Gasteiger partial charge in [0.25, 0.3) is 0 Å². The second-order valence-electron chi connectivity index (χ2n) is 3.70. The Kier molecular flexibility index (Phi) is 4.73. The molecule has 2 rings (SSSR count). The summed E-state index contributed by atoms with van der Waals surface area (Å²) < 4.78 is 0.823. The summed E-state index contributed by atoms with van der Waals surface area (Å²) >= 11 is 11.1. The second kappa shape index (κ2) is 6.09. The minimum Gasteiger partial charge on any atom is -0.325 e. The van der Waals surface area contributed by atoms with Crippen LogP contribution < -0.4 is 10.6 Å². The van der Waals surface area contributed by atoms with Crippen LogP contribution in [0.15, 0.2) is 22.7 Å². The van der Waals surface area contributed by atoms with Crippen molar-refractivity contribution >= 4 is 50.9 Å². The molecule has 0 aliphatic carbocycles. The maximum atomic E-state index is 11.9. The molecule has 1 aromatic carbocycles. The van der Waals surface area contributed by atoms with E-state index < -0.39 is 0 Å². The highest BCUT2D eigenvalue weighted by Gasteiger charge is 2.20. The number of hydrogen-bond donors (Lipinski definition) is 2. The molecule has 1 atom stereocenters. The molecule has 0 spiro atoms. The van der Waals surface area contributed by atoms with Gasteiger partial charge in [-0.25, -0.2) is 0 Å². The number of nitrogens with one attached hydrogen (secondary N) is 2. The zero-order chi connectivity index (χ0) is 12.3. The van der Waals surface area contributed by atoms with Crippen LogP contribution in [-0.2, 0) is 4.79 Å². The molecule has 2 N–H and O–H groups in total. The van der Waals surface area contributed by atoms with Crippen molar-refractivity contribution in [3.8, 4) is 0 Å². The summed E-state index contributed by atoms with van der Waals surface area (Å²) in [6.45, 7) is 0.879. The fourth-order valence-electron chi connectivity index (χ4n) is 1.54. The van der Waals surface area contributed by atoms with Crippen molar-refractivity contribution in [2.45, 2.75) is 6.04 Å². The van der Waals surface area contributed by atoms with Gasteiger partial charge in [0.05, 0.1) is 11.1 Å². The van der Waals surface area contributed by atoms with Crippen LogP contribution >= 0.6 is 39.3 Å². The number of thioether (sulfide) groups is 1. The Morgan fingerprint density at radius 3 is 3.06 bits per heavy atom.